The average molecular weight is 266 g/mol. The maximum absolute atomic E-state index is 10.7. The Morgan fingerprint density at radius 2 is 2.00 bits per heavy atom. The Kier molecular flexibility index (Phi) is 6.15. The van der Waals surface area contributed by atoms with Crippen molar-refractivity contribution in [3.05, 3.63) is 23.8 Å². The maximum atomic E-state index is 10.7. The van der Waals surface area contributed by atoms with Crippen molar-refractivity contribution in [1.82, 2.24) is 0 Å². The molecule has 0 saturated heterocycles. The van der Waals surface area contributed by atoms with Crippen molar-refractivity contribution in [1.29, 1.82) is 0 Å². The zero-order valence-electron chi connectivity index (χ0n) is 11.5. The van der Waals surface area contributed by atoms with Gasteiger partial charge in [-0.25, -0.2) is 0 Å². The van der Waals surface area contributed by atoms with Crippen molar-refractivity contribution >= 4 is 5.91 Å². The SMILES string of the molecule is CCOc1cc(CC(N)CC)ccc1OCC(N)=O. The third kappa shape index (κ3) is 5.18. The van der Waals surface area contributed by atoms with E-state index in [0.29, 0.717) is 18.1 Å². The van der Waals surface area contributed by atoms with Crippen LogP contribution in [0.5, 0.6) is 11.5 Å². The molecule has 19 heavy (non-hydrogen) atoms. The fraction of sp³-hybridized carbons (Fsp3) is 0.500. The molecule has 0 fully saturated rings. The minimum absolute atomic E-state index is 0.131. The van der Waals surface area contributed by atoms with Gasteiger partial charge in [0.2, 0.25) is 0 Å². The molecule has 0 aliphatic heterocycles. The van der Waals surface area contributed by atoms with Crippen LogP contribution < -0.4 is 20.9 Å². The van der Waals surface area contributed by atoms with Crippen molar-refractivity contribution in [2.45, 2.75) is 32.7 Å². The van der Waals surface area contributed by atoms with Gasteiger partial charge in [-0.1, -0.05) is 13.0 Å². The third-order valence-corrected chi connectivity index (χ3v) is 2.70. The number of nitrogens with two attached hydrogens (primary N) is 2. The Labute approximate surface area is 113 Å². The molecule has 0 aromatic heterocycles. The topological polar surface area (TPSA) is 87.6 Å². The van der Waals surface area contributed by atoms with E-state index in [0.717, 1.165) is 18.4 Å². The van der Waals surface area contributed by atoms with Gasteiger partial charge in [0.15, 0.2) is 18.1 Å². The van der Waals surface area contributed by atoms with Crippen LogP contribution in [0.3, 0.4) is 0 Å². The molecule has 5 heteroatoms. The first-order chi connectivity index (χ1) is 9.06. The third-order valence-electron chi connectivity index (χ3n) is 2.70. The lowest BCUT2D eigenvalue weighted by Crippen LogP contribution is -2.21. The first kappa shape index (κ1) is 15.3. The molecule has 1 amide bonds. The summed E-state index contributed by atoms with van der Waals surface area (Å²) in [6, 6.07) is 5.74. The summed E-state index contributed by atoms with van der Waals surface area (Å²) in [6.45, 7) is 4.31. The van der Waals surface area contributed by atoms with E-state index >= 15 is 0 Å². The number of carbonyl (C=O) groups excluding carboxylic acids is 1. The van der Waals surface area contributed by atoms with E-state index in [1.165, 1.54) is 0 Å². The molecular weight excluding hydrogens is 244 g/mol. The summed E-state index contributed by atoms with van der Waals surface area (Å²) in [5.41, 5.74) is 12.1. The largest absolute Gasteiger partial charge is 0.490 e. The Hall–Kier alpha value is -1.75. The van der Waals surface area contributed by atoms with E-state index in [1.54, 1.807) is 6.07 Å². The molecule has 4 N–H and O–H groups in total. The summed E-state index contributed by atoms with van der Waals surface area (Å²) >= 11 is 0. The average Bonchev–Trinajstić information content (AvgIpc) is 2.38. The number of hydrogen-bond acceptors (Lipinski definition) is 4. The van der Waals surface area contributed by atoms with Gasteiger partial charge >= 0.3 is 0 Å². The van der Waals surface area contributed by atoms with Gasteiger partial charge in [0.25, 0.3) is 5.91 Å². The van der Waals surface area contributed by atoms with Crippen LogP contribution in [0, 0.1) is 0 Å². The molecule has 0 saturated carbocycles. The lowest BCUT2D eigenvalue weighted by molar-refractivity contribution is -0.119. The van der Waals surface area contributed by atoms with E-state index < -0.39 is 5.91 Å². The minimum atomic E-state index is -0.514. The smallest absolute Gasteiger partial charge is 0.255 e. The summed E-state index contributed by atoms with van der Waals surface area (Å²) in [4.78, 5) is 10.7. The number of primary amides is 1. The van der Waals surface area contributed by atoms with E-state index in [2.05, 4.69) is 6.92 Å². The Morgan fingerprint density at radius 1 is 1.26 bits per heavy atom. The van der Waals surface area contributed by atoms with Crippen molar-refractivity contribution in [2.75, 3.05) is 13.2 Å². The number of amides is 1. The molecule has 0 heterocycles. The van der Waals surface area contributed by atoms with Crippen LogP contribution in [-0.4, -0.2) is 25.2 Å². The predicted octanol–water partition coefficient (Wildman–Crippen LogP) is 1.23. The molecule has 0 bridgehead atoms. The highest BCUT2D eigenvalue weighted by molar-refractivity contribution is 5.75. The van der Waals surface area contributed by atoms with Gasteiger partial charge in [0.05, 0.1) is 6.61 Å². The first-order valence-corrected chi connectivity index (χ1v) is 6.49. The lowest BCUT2D eigenvalue weighted by Gasteiger charge is -2.14. The van der Waals surface area contributed by atoms with Crippen LogP contribution in [0.2, 0.25) is 0 Å². The van der Waals surface area contributed by atoms with Gasteiger partial charge in [-0.05, 0) is 37.5 Å². The molecule has 1 aromatic rings. The number of benzene rings is 1. The number of rotatable bonds is 8. The maximum Gasteiger partial charge on any atom is 0.255 e. The fourth-order valence-electron chi connectivity index (χ4n) is 1.66. The van der Waals surface area contributed by atoms with E-state index in [-0.39, 0.29) is 12.6 Å². The molecule has 1 unspecified atom stereocenters. The summed E-state index contributed by atoms with van der Waals surface area (Å²) in [6.07, 6.45) is 1.70. The second kappa shape index (κ2) is 7.63. The molecule has 1 rings (SSSR count). The van der Waals surface area contributed by atoms with Crippen LogP contribution in [0.15, 0.2) is 18.2 Å². The molecule has 1 aromatic carbocycles. The molecule has 106 valence electrons. The standard InChI is InChI=1S/C14H22N2O3/c1-3-11(15)7-10-5-6-12(19-9-14(16)17)13(8-10)18-4-2/h5-6,8,11H,3-4,7,9,15H2,1-2H3,(H2,16,17). The highest BCUT2D eigenvalue weighted by Gasteiger charge is 2.09. The second-order valence-corrected chi connectivity index (χ2v) is 4.34. The quantitative estimate of drug-likeness (QED) is 0.740. The number of carbonyl (C=O) groups is 1. The molecule has 0 spiro atoms. The monoisotopic (exact) mass is 266 g/mol. The Balaban J connectivity index is 2.83. The second-order valence-electron chi connectivity index (χ2n) is 4.34. The fourth-order valence-corrected chi connectivity index (χ4v) is 1.66. The van der Waals surface area contributed by atoms with Gasteiger partial charge in [0.1, 0.15) is 0 Å². The Bertz CT molecular complexity index is 421. The predicted molar refractivity (Wildman–Crippen MR) is 74.3 cm³/mol. The van der Waals surface area contributed by atoms with Gasteiger partial charge in [-0.15, -0.1) is 0 Å². The van der Waals surface area contributed by atoms with Crippen LogP contribution in [-0.2, 0) is 11.2 Å². The van der Waals surface area contributed by atoms with Gasteiger partial charge in [-0.3, -0.25) is 4.79 Å². The van der Waals surface area contributed by atoms with E-state index in [9.17, 15) is 4.79 Å². The summed E-state index contributed by atoms with van der Waals surface area (Å²) in [5.74, 6) is 0.624. The minimum Gasteiger partial charge on any atom is -0.490 e. The van der Waals surface area contributed by atoms with Gasteiger partial charge in [-0.2, -0.15) is 0 Å². The molecule has 1 atom stereocenters. The molecular formula is C14H22N2O3. The summed E-state index contributed by atoms with van der Waals surface area (Å²) in [5, 5.41) is 0. The molecule has 0 radical (unpaired) electrons. The normalized spacial score (nSPS) is 11.9. The molecule has 0 aliphatic rings. The van der Waals surface area contributed by atoms with Crippen LogP contribution in [0.25, 0.3) is 0 Å². The van der Waals surface area contributed by atoms with Crippen LogP contribution >= 0.6 is 0 Å². The first-order valence-electron chi connectivity index (χ1n) is 6.49. The number of ether oxygens (including phenoxy) is 2. The summed E-state index contributed by atoms with van der Waals surface area (Å²) < 4.78 is 10.8. The van der Waals surface area contributed by atoms with Crippen molar-refractivity contribution in [3.8, 4) is 11.5 Å². The van der Waals surface area contributed by atoms with Crippen LogP contribution in [0.4, 0.5) is 0 Å². The highest BCUT2D eigenvalue weighted by atomic mass is 16.5. The highest BCUT2D eigenvalue weighted by Crippen LogP contribution is 2.29. The van der Waals surface area contributed by atoms with Crippen molar-refractivity contribution < 1.29 is 14.3 Å². The molecule has 5 nitrogen and oxygen atoms in total. The molecule has 0 aliphatic carbocycles. The number of hydrogen-bond donors (Lipinski definition) is 2. The lowest BCUT2D eigenvalue weighted by atomic mass is 10.0. The van der Waals surface area contributed by atoms with E-state index in [4.69, 9.17) is 20.9 Å². The van der Waals surface area contributed by atoms with Crippen LogP contribution in [0.1, 0.15) is 25.8 Å². The Morgan fingerprint density at radius 3 is 2.58 bits per heavy atom. The zero-order chi connectivity index (χ0) is 14.3. The van der Waals surface area contributed by atoms with Gasteiger partial charge in [0, 0.05) is 6.04 Å². The van der Waals surface area contributed by atoms with Crippen molar-refractivity contribution in [2.24, 2.45) is 11.5 Å². The van der Waals surface area contributed by atoms with Crippen molar-refractivity contribution in [3.63, 3.8) is 0 Å². The van der Waals surface area contributed by atoms with Gasteiger partial charge < -0.3 is 20.9 Å². The van der Waals surface area contributed by atoms with E-state index in [1.807, 2.05) is 19.1 Å². The zero-order valence-corrected chi connectivity index (χ0v) is 11.5. The summed E-state index contributed by atoms with van der Waals surface area (Å²) in [7, 11) is 0.